The van der Waals surface area contributed by atoms with Gasteiger partial charge in [0.2, 0.25) is 10.0 Å². The highest BCUT2D eigenvalue weighted by Gasteiger charge is 2.39. The summed E-state index contributed by atoms with van der Waals surface area (Å²) < 4.78 is 27.1. The van der Waals surface area contributed by atoms with Crippen LogP contribution in [0, 0.1) is 5.92 Å². The molecule has 2 unspecified atom stereocenters. The Morgan fingerprint density at radius 2 is 2.10 bits per heavy atom. The van der Waals surface area contributed by atoms with E-state index in [2.05, 4.69) is 5.32 Å². The van der Waals surface area contributed by atoms with Crippen LogP contribution in [0.3, 0.4) is 0 Å². The maximum absolute atomic E-state index is 12.8. The molecule has 1 aliphatic heterocycles. The molecule has 0 radical (unpaired) electrons. The van der Waals surface area contributed by atoms with E-state index in [-0.39, 0.29) is 23.5 Å². The highest BCUT2D eigenvalue weighted by Crippen LogP contribution is 2.32. The van der Waals surface area contributed by atoms with Crippen molar-refractivity contribution in [2.24, 2.45) is 5.92 Å². The Balaban J connectivity index is 2.40. The number of benzene rings is 1. The minimum atomic E-state index is -3.57. The summed E-state index contributed by atoms with van der Waals surface area (Å²) in [7, 11) is -3.57. The average molecular weight is 298 g/mol. The highest BCUT2D eigenvalue weighted by molar-refractivity contribution is 7.89. The van der Waals surface area contributed by atoms with Crippen LogP contribution in [0.25, 0.3) is 0 Å². The summed E-state index contributed by atoms with van der Waals surface area (Å²) in [6.07, 6.45) is 0.786. The first-order valence-corrected chi connectivity index (χ1v) is 8.42. The van der Waals surface area contributed by atoms with Gasteiger partial charge in [0.1, 0.15) is 4.90 Å². The van der Waals surface area contributed by atoms with E-state index in [0.717, 1.165) is 6.42 Å². The molecular formula is C14H22N2O3S. The maximum Gasteiger partial charge on any atom is 0.245 e. The first-order valence-electron chi connectivity index (χ1n) is 6.98. The van der Waals surface area contributed by atoms with Crippen molar-refractivity contribution in [2.45, 2.75) is 31.2 Å². The monoisotopic (exact) mass is 298 g/mol. The van der Waals surface area contributed by atoms with Gasteiger partial charge in [0.05, 0.1) is 18.3 Å². The molecular weight excluding hydrogens is 276 g/mol. The van der Waals surface area contributed by atoms with E-state index in [1.54, 1.807) is 18.2 Å². The average Bonchev–Trinajstić information content (AvgIpc) is 2.81. The fourth-order valence-corrected chi connectivity index (χ4v) is 4.59. The molecule has 0 bridgehead atoms. The predicted octanol–water partition coefficient (Wildman–Crippen LogP) is 1.51. The van der Waals surface area contributed by atoms with Crippen LogP contribution in [0.4, 0.5) is 5.69 Å². The molecule has 0 saturated carbocycles. The van der Waals surface area contributed by atoms with Gasteiger partial charge >= 0.3 is 0 Å². The summed E-state index contributed by atoms with van der Waals surface area (Å²) in [4.78, 5) is 0.286. The molecule has 2 atom stereocenters. The second-order valence-electron chi connectivity index (χ2n) is 5.16. The molecule has 2 N–H and O–H groups in total. The topological polar surface area (TPSA) is 69.6 Å². The normalized spacial score (nSPS) is 23.9. The zero-order chi connectivity index (χ0) is 14.8. The largest absolute Gasteiger partial charge is 0.395 e. The van der Waals surface area contributed by atoms with Gasteiger partial charge in [0.25, 0.3) is 0 Å². The number of anilines is 1. The molecule has 0 aromatic heterocycles. The summed E-state index contributed by atoms with van der Waals surface area (Å²) in [5, 5.41) is 12.5. The molecule has 1 saturated heterocycles. The third kappa shape index (κ3) is 2.68. The fraction of sp³-hybridized carbons (Fsp3) is 0.571. The van der Waals surface area contributed by atoms with E-state index in [4.69, 9.17) is 0 Å². The summed E-state index contributed by atoms with van der Waals surface area (Å²) in [5.41, 5.74) is 0.617. The van der Waals surface area contributed by atoms with Crippen molar-refractivity contribution in [1.82, 2.24) is 4.31 Å². The van der Waals surface area contributed by atoms with Crippen LogP contribution in [0.15, 0.2) is 29.2 Å². The van der Waals surface area contributed by atoms with Gasteiger partial charge in [-0.2, -0.15) is 4.31 Å². The first-order chi connectivity index (χ1) is 9.52. The number of para-hydroxylation sites is 1. The van der Waals surface area contributed by atoms with Gasteiger partial charge in [-0.3, -0.25) is 0 Å². The van der Waals surface area contributed by atoms with Crippen LogP contribution in [-0.2, 0) is 10.0 Å². The molecule has 1 fully saturated rings. The van der Waals surface area contributed by atoms with Crippen LogP contribution in [0.2, 0.25) is 0 Å². The molecule has 1 aliphatic rings. The number of nitrogens with zero attached hydrogens (tertiary/aromatic N) is 1. The second-order valence-corrected chi connectivity index (χ2v) is 7.02. The van der Waals surface area contributed by atoms with Crippen LogP contribution in [0.5, 0.6) is 0 Å². The number of rotatable bonds is 5. The standard InChI is InChI=1S/C14H22N2O3S/c1-3-15-12-6-4-5-7-14(12)20(18,19)16-9-8-11(2)13(16)10-17/h4-7,11,13,15,17H,3,8-10H2,1-2H3. The van der Waals surface area contributed by atoms with Crippen LogP contribution in [-0.4, -0.2) is 43.6 Å². The SMILES string of the molecule is CCNc1ccccc1S(=O)(=O)N1CCC(C)C1CO. The van der Waals surface area contributed by atoms with Gasteiger partial charge in [0, 0.05) is 13.1 Å². The Hall–Kier alpha value is -1.11. The minimum absolute atomic E-state index is 0.135. The Kier molecular flexibility index (Phi) is 4.67. The predicted molar refractivity (Wildman–Crippen MR) is 79.2 cm³/mol. The van der Waals surface area contributed by atoms with Gasteiger partial charge < -0.3 is 10.4 Å². The molecule has 2 rings (SSSR count). The lowest BCUT2D eigenvalue weighted by atomic mass is 10.0. The fourth-order valence-electron chi connectivity index (χ4n) is 2.70. The number of aliphatic hydroxyl groups excluding tert-OH is 1. The Morgan fingerprint density at radius 1 is 1.40 bits per heavy atom. The lowest BCUT2D eigenvalue weighted by molar-refractivity contribution is 0.191. The summed E-state index contributed by atoms with van der Waals surface area (Å²) >= 11 is 0. The lowest BCUT2D eigenvalue weighted by Crippen LogP contribution is -2.40. The third-order valence-electron chi connectivity index (χ3n) is 3.86. The van der Waals surface area contributed by atoms with E-state index in [1.165, 1.54) is 4.31 Å². The zero-order valence-corrected chi connectivity index (χ0v) is 12.7. The smallest absolute Gasteiger partial charge is 0.245 e. The van der Waals surface area contributed by atoms with Gasteiger partial charge in [-0.25, -0.2) is 8.42 Å². The van der Waals surface area contributed by atoms with Crippen molar-refractivity contribution in [3.63, 3.8) is 0 Å². The molecule has 20 heavy (non-hydrogen) atoms. The van der Waals surface area contributed by atoms with Crippen molar-refractivity contribution < 1.29 is 13.5 Å². The van der Waals surface area contributed by atoms with E-state index in [9.17, 15) is 13.5 Å². The van der Waals surface area contributed by atoms with Crippen molar-refractivity contribution in [2.75, 3.05) is 25.0 Å². The quantitative estimate of drug-likeness (QED) is 0.864. The van der Waals surface area contributed by atoms with Gasteiger partial charge in [-0.15, -0.1) is 0 Å². The van der Waals surface area contributed by atoms with E-state index in [1.807, 2.05) is 19.9 Å². The number of nitrogens with one attached hydrogen (secondary N) is 1. The van der Waals surface area contributed by atoms with Gasteiger partial charge in [-0.05, 0) is 31.4 Å². The van der Waals surface area contributed by atoms with Crippen molar-refractivity contribution in [3.05, 3.63) is 24.3 Å². The Bertz CT molecular complexity index is 559. The molecule has 5 nitrogen and oxygen atoms in total. The molecule has 1 aromatic rings. The Morgan fingerprint density at radius 3 is 2.75 bits per heavy atom. The van der Waals surface area contributed by atoms with Crippen molar-refractivity contribution >= 4 is 15.7 Å². The summed E-state index contributed by atoms with van der Waals surface area (Å²) in [5.74, 6) is 0.182. The third-order valence-corrected chi connectivity index (χ3v) is 5.84. The number of hydrogen-bond donors (Lipinski definition) is 2. The Labute approximate surface area is 120 Å². The summed E-state index contributed by atoms with van der Waals surface area (Å²) in [6, 6.07) is 6.60. The number of aliphatic hydroxyl groups is 1. The molecule has 6 heteroatoms. The first kappa shape index (κ1) is 15.3. The molecule has 0 amide bonds. The van der Waals surface area contributed by atoms with Gasteiger partial charge in [0.15, 0.2) is 0 Å². The van der Waals surface area contributed by atoms with Crippen LogP contribution in [0.1, 0.15) is 20.3 Å². The van der Waals surface area contributed by atoms with Crippen molar-refractivity contribution in [1.29, 1.82) is 0 Å². The molecule has 0 spiro atoms. The second kappa shape index (κ2) is 6.11. The summed E-state index contributed by atoms with van der Waals surface area (Å²) in [6.45, 7) is 4.90. The van der Waals surface area contributed by atoms with E-state index >= 15 is 0 Å². The molecule has 0 aliphatic carbocycles. The zero-order valence-electron chi connectivity index (χ0n) is 11.9. The van der Waals surface area contributed by atoms with Gasteiger partial charge in [-0.1, -0.05) is 19.1 Å². The van der Waals surface area contributed by atoms with Crippen LogP contribution >= 0.6 is 0 Å². The molecule has 112 valence electrons. The molecule has 1 heterocycles. The van der Waals surface area contributed by atoms with Crippen LogP contribution < -0.4 is 5.32 Å². The lowest BCUT2D eigenvalue weighted by Gasteiger charge is -2.25. The number of sulfonamides is 1. The van der Waals surface area contributed by atoms with E-state index < -0.39 is 10.0 Å². The minimum Gasteiger partial charge on any atom is -0.395 e. The molecule has 1 aromatic carbocycles. The number of hydrogen-bond acceptors (Lipinski definition) is 4. The van der Waals surface area contributed by atoms with E-state index in [0.29, 0.717) is 18.8 Å². The maximum atomic E-state index is 12.8. The van der Waals surface area contributed by atoms with Crippen molar-refractivity contribution in [3.8, 4) is 0 Å². The highest BCUT2D eigenvalue weighted by atomic mass is 32.2.